The second-order valence-corrected chi connectivity index (χ2v) is 3.12. The highest BCUT2D eigenvalue weighted by Gasteiger charge is 2.09. The summed E-state index contributed by atoms with van der Waals surface area (Å²) in [4.78, 5) is 12.6. The first-order chi connectivity index (χ1) is 7.19. The number of carbonyl (C=O) groups is 1. The zero-order valence-electron chi connectivity index (χ0n) is 8.86. The summed E-state index contributed by atoms with van der Waals surface area (Å²) in [5, 5.41) is 0. The van der Waals surface area contributed by atoms with Gasteiger partial charge in [0.15, 0.2) is 0 Å². The number of hydrogen-bond donors (Lipinski definition) is 2. The summed E-state index contributed by atoms with van der Waals surface area (Å²) in [7, 11) is 3.26. The van der Waals surface area contributed by atoms with Crippen LogP contribution in [0.15, 0.2) is 24.3 Å². The molecule has 0 radical (unpaired) electrons. The molecule has 0 atom stereocenters. The van der Waals surface area contributed by atoms with Crippen molar-refractivity contribution in [3.63, 3.8) is 0 Å². The molecular weight excluding hydrogens is 194 g/mol. The lowest BCUT2D eigenvalue weighted by Crippen LogP contribution is -2.40. The Labute approximate surface area is 88.8 Å². The highest BCUT2D eigenvalue weighted by molar-refractivity contribution is 5.73. The quantitative estimate of drug-likeness (QED) is 0.437. The minimum Gasteiger partial charge on any atom is -0.496 e. The zero-order valence-corrected chi connectivity index (χ0v) is 8.86. The average Bonchev–Trinajstić information content (AvgIpc) is 2.28. The molecule has 0 saturated carbocycles. The van der Waals surface area contributed by atoms with Gasteiger partial charge in [0, 0.05) is 12.6 Å². The lowest BCUT2D eigenvalue weighted by atomic mass is 10.2. The fourth-order valence-corrected chi connectivity index (χ4v) is 1.27. The first-order valence-electron chi connectivity index (χ1n) is 4.52. The molecule has 0 aliphatic carbocycles. The predicted molar refractivity (Wildman–Crippen MR) is 57.2 cm³/mol. The number of ether oxygens (including phenoxy) is 1. The van der Waals surface area contributed by atoms with E-state index in [1.807, 2.05) is 24.3 Å². The van der Waals surface area contributed by atoms with Gasteiger partial charge in [0.25, 0.3) is 0 Å². The fourth-order valence-electron chi connectivity index (χ4n) is 1.27. The van der Waals surface area contributed by atoms with E-state index < -0.39 is 0 Å². The number of carbonyl (C=O) groups excluding carboxylic acids is 1. The Morgan fingerprint density at radius 3 is 2.80 bits per heavy atom. The number of hydrazine groups is 1. The standard InChI is InChI=1S/C10H15N3O2/c1-13(10(14)12-11)7-8-5-3-4-6-9(8)15-2/h3-6H,7,11H2,1-2H3,(H,12,14). The molecule has 5 heteroatoms. The van der Waals surface area contributed by atoms with Crippen molar-refractivity contribution >= 4 is 6.03 Å². The van der Waals surface area contributed by atoms with Crippen LogP contribution in [0.2, 0.25) is 0 Å². The molecule has 3 N–H and O–H groups in total. The predicted octanol–water partition coefficient (Wildman–Crippen LogP) is 0.710. The number of benzene rings is 1. The van der Waals surface area contributed by atoms with Crippen molar-refractivity contribution in [2.75, 3.05) is 14.2 Å². The van der Waals surface area contributed by atoms with Crippen molar-refractivity contribution in [1.82, 2.24) is 10.3 Å². The van der Waals surface area contributed by atoms with Gasteiger partial charge in [-0.25, -0.2) is 10.6 Å². The molecule has 1 aromatic carbocycles. The molecule has 15 heavy (non-hydrogen) atoms. The molecular formula is C10H15N3O2. The van der Waals surface area contributed by atoms with Crippen LogP contribution in [0.25, 0.3) is 0 Å². The molecule has 0 bridgehead atoms. The van der Waals surface area contributed by atoms with Crippen molar-refractivity contribution in [2.24, 2.45) is 5.84 Å². The van der Waals surface area contributed by atoms with Gasteiger partial charge in [0.1, 0.15) is 5.75 Å². The van der Waals surface area contributed by atoms with Crippen LogP contribution < -0.4 is 16.0 Å². The second-order valence-electron chi connectivity index (χ2n) is 3.12. The van der Waals surface area contributed by atoms with E-state index in [2.05, 4.69) is 5.43 Å². The molecule has 1 aromatic rings. The number of nitrogens with two attached hydrogens (primary N) is 1. The largest absolute Gasteiger partial charge is 0.496 e. The average molecular weight is 209 g/mol. The van der Waals surface area contributed by atoms with Crippen LogP contribution in [0.3, 0.4) is 0 Å². The van der Waals surface area contributed by atoms with E-state index in [-0.39, 0.29) is 6.03 Å². The van der Waals surface area contributed by atoms with Crippen molar-refractivity contribution in [2.45, 2.75) is 6.54 Å². The van der Waals surface area contributed by atoms with Crippen LogP contribution in [0.1, 0.15) is 5.56 Å². The molecule has 0 heterocycles. The highest BCUT2D eigenvalue weighted by atomic mass is 16.5. The van der Waals surface area contributed by atoms with Gasteiger partial charge < -0.3 is 9.64 Å². The van der Waals surface area contributed by atoms with Crippen LogP contribution in [0, 0.1) is 0 Å². The minimum absolute atomic E-state index is 0.332. The molecule has 0 spiro atoms. The Balaban J connectivity index is 2.75. The maximum Gasteiger partial charge on any atom is 0.331 e. The van der Waals surface area contributed by atoms with Crippen LogP contribution >= 0.6 is 0 Å². The monoisotopic (exact) mass is 209 g/mol. The highest BCUT2D eigenvalue weighted by Crippen LogP contribution is 2.18. The number of nitrogens with one attached hydrogen (secondary N) is 1. The van der Waals surface area contributed by atoms with Gasteiger partial charge in [-0.3, -0.25) is 5.43 Å². The Morgan fingerprint density at radius 2 is 2.20 bits per heavy atom. The number of urea groups is 1. The SMILES string of the molecule is COc1ccccc1CN(C)C(=O)NN. The summed E-state index contributed by atoms with van der Waals surface area (Å²) in [6.45, 7) is 0.451. The Morgan fingerprint density at radius 1 is 1.53 bits per heavy atom. The molecule has 0 aliphatic rings. The number of nitrogens with zero attached hydrogens (tertiary/aromatic N) is 1. The Kier molecular flexibility index (Phi) is 3.93. The number of hydrogen-bond acceptors (Lipinski definition) is 3. The number of methoxy groups -OCH3 is 1. The van der Waals surface area contributed by atoms with Crippen molar-refractivity contribution in [3.8, 4) is 5.75 Å². The lowest BCUT2D eigenvalue weighted by molar-refractivity contribution is 0.206. The zero-order chi connectivity index (χ0) is 11.3. The van der Waals surface area contributed by atoms with Crippen LogP contribution in [-0.4, -0.2) is 25.1 Å². The van der Waals surface area contributed by atoms with E-state index in [0.717, 1.165) is 11.3 Å². The van der Waals surface area contributed by atoms with Crippen molar-refractivity contribution in [1.29, 1.82) is 0 Å². The third-order valence-corrected chi connectivity index (χ3v) is 2.07. The number of rotatable bonds is 3. The van der Waals surface area contributed by atoms with Gasteiger partial charge >= 0.3 is 6.03 Å². The summed E-state index contributed by atoms with van der Waals surface area (Å²) < 4.78 is 5.17. The minimum atomic E-state index is -0.332. The summed E-state index contributed by atoms with van der Waals surface area (Å²) in [6, 6.07) is 7.20. The molecule has 0 saturated heterocycles. The van der Waals surface area contributed by atoms with Gasteiger partial charge in [0.05, 0.1) is 13.7 Å². The Bertz CT molecular complexity index is 341. The topological polar surface area (TPSA) is 67.6 Å². The van der Waals surface area contributed by atoms with Crippen LogP contribution in [0.5, 0.6) is 5.75 Å². The first-order valence-corrected chi connectivity index (χ1v) is 4.52. The Hall–Kier alpha value is -1.75. The maximum absolute atomic E-state index is 11.2. The number of amides is 2. The van der Waals surface area contributed by atoms with Gasteiger partial charge in [-0.15, -0.1) is 0 Å². The molecule has 0 unspecified atom stereocenters. The molecule has 82 valence electrons. The second kappa shape index (κ2) is 5.21. The van der Waals surface area contributed by atoms with E-state index >= 15 is 0 Å². The van der Waals surface area contributed by atoms with Gasteiger partial charge in [-0.2, -0.15) is 0 Å². The third kappa shape index (κ3) is 2.85. The molecule has 5 nitrogen and oxygen atoms in total. The van der Waals surface area contributed by atoms with E-state index in [0.29, 0.717) is 6.54 Å². The summed E-state index contributed by atoms with van der Waals surface area (Å²) >= 11 is 0. The lowest BCUT2D eigenvalue weighted by Gasteiger charge is -2.17. The van der Waals surface area contributed by atoms with Gasteiger partial charge in [-0.1, -0.05) is 18.2 Å². The van der Waals surface area contributed by atoms with E-state index in [1.165, 1.54) is 4.90 Å². The van der Waals surface area contributed by atoms with Gasteiger partial charge in [-0.05, 0) is 6.07 Å². The summed E-state index contributed by atoms with van der Waals surface area (Å²) in [5.74, 6) is 5.78. The molecule has 1 rings (SSSR count). The van der Waals surface area contributed by atoms with Crippen molar-refractivity contribution < 1.29 is 9.53 Å². The molecule has 0 aromatic heterocycles. The smallest absolute Gasteiger partial charge is 0.331 e. The summed E-state index contributed by atoms with van der Waals surface area (Å²) in [6.07, 6.45) is 0. The normalized spacial score (nSPS) is 9.53. The van der Waals surface area contributed by atoms with E-state index in [1.54, 1.807) is 14.2 Å². The van der Waals surface area contributed by atoms with E-state index in [9.17, 15) is 4.79 Å². The summed E-state index contributed by atoms with van der Waals surface area (Å²) in [5.41, 5.74) is 3.00. The molecule has 0 fully saturated rings. The van der Waals surface area contributed by atoms with Crippen LogP contribution in [0.4, 0.5) is 4.79 Å². The third-order valence-electron chi connectivity index (χ3n) is 2.07. The molecule has 0 aliphatic heterocycles. The first kappa shape index (κ1) is 11.3. The van der Waals surface area contributed by atoms with E-state index in [4.69, 9.17) is 10.6 Å². The fraction of sp³-hybridized carbons (Fsp3) is 0.300. The molecule has 2 amide bonds. The van der Waals surface area contributed by atoms with Crippen LogP contribution in [-0.2, 0) is 6.54 Å². The number of para-hydroxylation sites is 1. The van der Waals surface area contributed by atoms with Gasteiger partial charge in [0.2, 0.25) is 0 Å². The maximum atomic E-state index is 11.2. The van der Waals surface area contributed by atoms with Crippen molar-refractivity contribution in [3.05, 3.63) is 29.8 Å².